The van der Waals surface area contributed by atoms with E-state index in [-0.39, 0.29) is 11.7 Å². The number of methoxy groups -OCH3 is 2. The topological polar surface area (TPSA) is 81.9 Å². The smallest absolute Gasteiger partial charge is 0.233 e. The van der Waals surface area contributed by atoms with Gasteiger partial charge in [0.2, 0.25) is 5.91 Å². The van der Waals surface area contributed by atoms with Crippen LogP contribution in [0, 0.1) is 6.92 Å². The van der Waals surface area contributed by atoms with Crippen LogP contribution in [-0.2, 0) is 11.3 Å². The molecular weight excluding hydrogens is 426 g/mol. The molecule has 4 rings (SSSR count). The first-order valence-corrected chi connectivity index (χ1v) is 11.3. The standard InChI is InChI=1S/C23H25N5O3S/c1-5-27(13-16-9-7-6-8-10-16)21(29)14-32-23-25-18-12-20(31-4)19(30-3)11-17(18)22-24-15(2)26-28(22)23/h6-12H,5,13-14H2,1-4H3. The summed E-state index contributed by atoms with van der Waals surface area (Å²) >= 11 is 1.35. The monoisotopic (exact) mass is 451 g/mol. The van der Waals surface area contributed by atoms with E-state index in [0.717, 1.165) is 10.9 Å². The van der Waals surface area contributed by atoms with Gasteiger partial charge in [-0.2, -0.15) is 4.52 Å². The van der Waals surface area contributed by atoms with Crippen molar-refractivity contribution in [1.29, 1.82) is 0 Å². The molecule has 9 heteroatoms. The minimum absolute atomic E-state index is 0.0422. The van der Waals surface area contributed by atoms with Gasteiger partial charge in [-0.15, -0.1) is 5.10 Å². The third-order valence-electron chi connectivity index (χ3n) is 5.13. The van der Waals surface area contributed by atoms with Gasteiger partial charge in [0.05, 0.1) is 25.5 Å². The molecule has 4 aromatic rings. The highest BCUT2D eigenvalue weighted by Crippen LogP contribution is 2.34. The number of ether oxygens (including phenoxy) is 2. The van der Waals surface area contributed by atoms with E-state index in [1.54, 1.807) is 18.7 Å². The molecule has 0 spiro atoms. The summed E-state index contributed by atoms with van der Waals surface area (Å²) in [4.78, 5) is 24.1. The molecule has 0 aliphatic carbocycles. The number of rotatable bonds is 8. The zero-order valence-electron chi connectivity index (χ0n) is 18.5. The highest BCUT2D eigenvalue weighted by Gasteiger charge is 2.18. The second kappa shape index (κ2) is 9.44. The number of amides is 1. The van der Waals surface area contributed by atoms with E-state index in [4.69, 9.17) is 14.5 Å². The van der Waals surface area contributed by atoms with Crippen molar-refractivity contribution < 1.29 is 14.3 Å². The number of thioether (sulfide) groups is 1. The van der Waals surface area contributed by atoms with E-state index < -0.39 is 0 Å². The molecule has 0 fully saturated rings. The Morgan fingerprint density at radius 1 is 1.09 bits per heavy atom. The van der Waals surface area contributed by atoms with Crippen LogP contribution in [0.25, 0.3) is 16.6 Å². The average Bonchev–Trinajstić information content (AvgIpc) is 3.22. The zero-order chi connectivity index (χ0) is 22.7. The second-order valence-electron chi connectivity index (χ2n) is 7.20. The summed E-state index contributed by atoms with van der Waals surface area (Å²) in [6, 6.07) is 13.6. The van der Waals surface area contributed by atoms with Crippen LogP contribution in [0.4, 0.5) is 0 Å². The molecule has 0 aliphatic rings. The lowest BCUT2D eigenvalue weighted by Gasteiger charge is -2.20. The van der Waals surface area contributed by atoms with Crippen LogP contribution in [0.1, 0.15) is 18.3 Å². The lowest BCUT2D eigenvalue weighted by atomic mass is 10.2. The fourth-order valence-corrected chi connectivity index (χ4v) is 4.35. The molecule has 0 saturated heterocycles. The quantitative estimate of drug-likeness (QED) is 0.298. The minimum atomic E-state index is 0.0422. The van der Waals surface area contributed by atoms with E-state index >= 15 is 0 Å². The van der Waals surface area contributed by atoms with Gasteiger partial charge in [0.1, 0.15) is 5.82 Å². The van der Waals surface area contributed by atoms with Gasteiger partial charge in [-0.3, -0.25) is 4.79 Å². The fraction of sp³-hybridized carbons (Fsp3) is 0.304. The first-order chi connectivity index (χ1) is 15.5. The van der Waals surface area contributed by atoms with Gasteiger partial charge in [0.15, 0.2) is 22.3 Å². The maximum absolute atomic E-state index is 12.9. The van der Waals surface area contributed by atoms with Crippen molar-refractivity contribution in [2.24, 2.45) is 0 Å². The molecule has 0 bridgehead atoms. The molecule has 0 aliphatic heterocycles. The first kappa shape index (κ1) is 21.9. The molecule has 0 N–H and O–H groups in total. The lowest BCUT2D eigenvalue weighted by molar-refractivity contribution is -0.128. The number of carbonyl (C=O) groups is 1. The maximum Gasteiger partial charge on any atom is 0.233 e. The van der Waals surface area contributed by atoms with Crippen molar-refractivity contribution in [2.75, 3.05) is 26.5 Å². The van der Waals surface area contributed by atoms with Crippen molar-refractivity contribution in [3.8, 4) is 11.5 Å². The predicted molar refractivity (Wildman–Crippen MR) is 124 cm³/mol. The SMILES string of the molecule is CCN(Cc1ccccc1)C(=O)CSc1nc2cc(OC)c(OC)cc2c2nc(C)nn12. The van der Waals surface area contributed by atoms with Crippen molar-refractivity contribution in [3.05, 3.63) is 53.9 Å². The van der Waals surface area contributed by atoms with E-state index in [1.165, 1.54) is 11.8 Å². The summed E-state index contributed by atoms with van der Waals surface area (Å²) in [5.74, 6) is 2.10. The van der Waals surface area contributed by atoms with E-state index in [0.29, 0.717) is 46.7 Å². The Morgan fingerprint density at radius 3 is 2.50 bits per heavy atom. The van der Waals surface area contributed by atoms with Crippen LogP contribution in [0.2, 0.25) is 0 Å². The molecule has 2 aromatic carbocycles. The molecule has 2 aromatic heterocycles. The summed E-state index contributed by atoms with van der Waals surface area (Å²) in [6.45, 7) is 5.03. The lowest BCUT2D eigenvalue weighted by Crippen LogP contribution is -2.31. The maximum atomic E-state index is 12.9. The molecule has 0 saturated carbocycles. The molecule has 32 heavy (non-hydrogen) atoms. The van der Waals surface area contributed by atoms with Crippen molar-refractivity contribution in [2.45, 2.75) is 25.5 Å². The normalized spacial score (nSPS) is 11.1. The van der Waals surface area contributed by atoms with E-state index in [9.17, 15) is 4.79 Å². The van der Waals surface area contributed by atoms with Crippen LogP contribution in [0.3, 0.4) is 0 Å². The van der Waals surface area contributed by atoms with Gasteiger partial charge in [0, 0.05) is 24.5 Å². The van der Waals surface area contributed by atoms with Gasteiger partial charge in [-0.05, 0) is 25.5 Å². The molecular formula is C23H25N5O3S. The Morgan fingerprint density at radius 2 is 1.81 bits per heavy atom. The molecule has 2 heterocycles. The highest BCUT2D eigenvalue weighted by atomic mass is 32.2. The van der Waals surface area contributed by atoms with Crippen LogP contribution in [0.15, 0.2) is 47.6 Å². The van der Waals surface area contributed by atoms with E-state index in [2.05, 4.69) is 10.1 Å². The third kappa shape index (κ3) is 4.34. The number of carbonyl (C=O) groups excluding carboxylic acids is 1. The zero-order valence-corrected chi connectivity index (χ0v) is 19.3. The Labute approximate surface area is 190 Å². The number of aryl methyl sites for hydroxylation is 1. The highest BCUT2D eigenvalue weighted by molar-refractivity contribution is 7.99. The molecule has 0 unspecified atom stereocenters. The number of hydrogen-bond donors (Lipinski definition) is 0. The fourth-order valence-electron chi connectivity index (χ4n) is 3.50. The Kier molecular flexibility index (Phi) is 6.45. The van der Waals surface area contributed by atoms with Crippen molar-refractivity contribution >= 4 is 34.2 Å². The Balaban J connectivity index is 1.63. The van der Waals surface area contributed by atoms with Gasteiger partial charge in [0.25, 0.3) is 0 Å². The number of aromatic nitrogens is 4. The van der Waals surface area contributed by atoms with Crippen LogP contribution in [-0.4, -0.2) is 56.9 Å². The third-order valence-corrected chi connectivity index (χ3v) is 6.04. The molecule has 1 amide bonds. The van der Waals surface area contributed by atoms with Gasteiger partial charge in [-0.1, -0.05) is 42.1 Å². The van der Waals surface area contributed by atoms with Crippen LogP contribution >= 0.6 is 11.8 Å². The summed E-state index contributed by atoms with van der Waals surface area (Å²) in [5.41, 5.74) is 2.47. The number of hydrogen-bond acceptors (Lipinski definition) is 7. The predicted octanol–water partition coefficient (Wildman–Crippen LogP) is 3.74. The Bertz CT molecular complexity index is 1260. The first-order valence-electron chi connectivity index (χ1n) is 10.3. The van der Waals surface area contributed by atoms with Crippen molar-refractivity contribution in [3.63, 3.8) is 0 Å². The van der Waals surface area contributed by atoms with Gasteiger partial charge in [-0.25, -0.2) is 9.97 Å². The molecule has 8 nitrogen and oxygen atoms in total. The minimum Gasteiger partial charge on any atom is -0.493 e. The molecule has 0 atom stereocenters. The van der Waals surface area contributed by atoms with E-state index in [1.807, 2.05) is 61.2 Å². The number of nitrogens with zero attached hydrogens (tertiary/aromatic N) is 5. The molecule has 0 radical (unpaired) electrons. The Hall–Kier alpha value is -3.33. The summed E-state index contributed by atoms with van der Waals surface area (Å²) in [7, 11) is 3.18. The van der Waals surface area contributed by atoms with Gasteiger partial charge >= 0.3 is 0 Å². The summed E-state index contributed by atoms with van der Waals surface area (Å²) in [5, 5.41) is 5.90. The number of benzene rings is 2. The summed E-state index contributed by atoms with van der Waals surface area (Å²) < 4.78 is 12.5. The van der Waals surface area contributed by atoms with Crippen LogP contribution in [0.5, 0.6) is 11.5 Å². The second-order valence-corrected chi connectivity index (χ2v) is 8.14. The van der Waals surface area contributed by atoms with Crippen LogP contribution < -0.4 is 9.47 Å². The summed E-state index contributed by atoms with van der Waals surface area (Å²) in [6.07, 6.45) is 0. The number of fused-ring (bicyclic) bond motifs is 3. The van der Waals surface area contributed by atoms with Gasteiger partial charge < -0.3 is 14.4 Å². The van der Waals surface area contributed by atoms with Crippen molar-refractivity contribution in [1.82, 2.24) is 24.5 Å². The molecule has 166 valence electrons. The average molecular weight is 452 g/mol. The largest absolute Gasteiger partial charge is 0.493 e.